The van der Waals surface area contributed by atoms with Gasteiger partial charge in [0.05, 0.1) is 12.4 Å². The molecule has 16 heavy (non-hydrogen) atoms. The Kier molecular flexibility index (Phi) is 2.34. The van der Waals surface area contributed by atoms with E-state index in [0.717, 1.165) is 0 Å². The summed E-state index contributed by atoms with van der Waals surface area (Å²) in [6.45, 7) is 0. The van der Waals surface area contributed by atoms with Crippen LogP contribution in [0.15, 0.2) is 23.5 Å². The zero-order valence-corrected chi connectivity index (χ0v) is 8.61. The van der Waals surface area contributed by atoms with Gasteiger partial charge in [0.1, 0.15) is 11.6 Å². The number of aromatic amines is 2. The number of aromatic nitrogens is 4. The smallest absolute Gasteiger partial charge is 0.266 e. The molecule has 0 unspecified atom stereocenters. The van der Waals surface area contributed by atoms with Gasteiger partial charge in [-0.15, -0.1) is 0 Å². The van der Waals surface area contributed by atoms with Crippen LogP contribution in [0.2, 0.25) is 0 Å². The number of anilines is 1. The van der Waals surface area contributed by atoms with Gasteiger partial charge in [0.2, 0.25) is 0 Å². The van der Waals surface area contributed by atoms with E-state index in [4.69, 9.17) is 5.26 Å². The summed E-state index contributed by atoms with van der Waals surface area (Å²) in [5.74, 6) is 0.0251. The first-order valence-corrected chi connectivity index (χ1v) is 5.57. The molecule has 0 saturated heterocycles. The van der Waals surface area contributed by atoms with E-state index in [1.54, 1.807) is 6.07 Å². The van der Waals surface area contributed by atoms with Gasteiger partial charge in [-0.25, -0.2) is 0 Å². The molecule has 9 heteroatoms. The fourth-order valence-corrected chi connectivity index (χ4v) is 1.98. The summed E-state index contributed by atoms with van der Waals surface area (Å²) in [4.78, 5) is 0. The van der Waals surface area contributed by atoms with Crippen molar-refractivity contribution in [2.75, 3.05) is 4.72 Å². The molecule has 0 atom stereocenters. The summed E-state index contributed by atoms with van der Waals surface area (Å²) in [7, 11) is -3.76. The number of H-pyrrole nitrogens is 2. The molecule has 2 heterocycles. The number of sulfonamides is 1. The number of nitrogens with zero attached hydrogens (tertiary/aromatic N) is 3. The van der Waals surface area contributed by atoms with Crippen molar-refractivity contribution in [1.29, 1.82) is 5.26 Å². The molecule has 3 N–H and O–H groups in total. The van der Waals surface area contributed by atoms with E-state index in [1.807, 2.05) is 0 Å². The molecular weight excluding hydrogens is 232 g/mol. The number of nitriles is 1. The average Bonchev–Trinajstić information content (AvgIpc) is 2.86. The van der Waals surface area contributed by atoms with Gasteiger partial charge in [-0.3, -0.25) is 14.9 Å². The largest absolute Gasteiger partial charge is 0.280 e. The maximum Gasteiger partial charge on any atom is 0.280 e. The molecule has 82 valence electrons. The van der Waals surface area contributed by atoms with Crippen LogP contribution >= 0.6 is 0 Å². The molecule has 8 nitrogen and oxygen atoms in total. The quantitative estimate of drug-likeness (QED) is 0.682. The second-order valence-electron chi connectivity index (χ2n) is 2.80. The minimum Gasteiger partial charge on any atom is -0.266 e. The van der Waals surface area contributed by atoms with Crippen molar-refractivity contribution in [3.05, 3.63) is 24.0 Å². The van der Waals surface area contributed by atoms with E-state index in [1.165, 1.54) is 18.5 Å². The van der Waals surface area contributed by atoms with Crippen LogP contribution in [0.1, 0.15) is 5.56 Å². The van der Waals surface area contributed by atoms with Crippen LogP contribution in [-0.4, -0.2) is 28.8 Å². The molecule has 0 spiro atoms. The van der Waals surface area contributed by atoms with Gasteiger partial charge in [0.15, 0.2) is 10.8 Å². The third-order valence-corrected chi connectivity index (χ3v) is 3.04. The molecular formula is C7H6N6O2S. The third-order valence-electron chi connectivity index (χ3n) is 1.76. The SMILES string of the molecule is N#Cc1cn[nH]c1NS(=O)(=O)c1ccn[nH]1. The summed E-state index contributed by atoms with van der Waals surface area (Å²) >= 11 is 0. The third kappa shape index (κ3) is 1.73. The van der Waals surface area contributed by atoms with Gasteiger partial charge in [-0.1, -0.05) is 0 Å². The highest BCUT2D eigenvalue weighted by Crippen LogP contribution is 2.14. The van der Waals surface area contributed by atoms with Crippen LogP contribution in [-0.2, 0) is 10.0 Å². The normalized spacial score (nSPS) is 10.9. The first kappa shape index (κ1) is 10.2. The summed E-state index contributed by atoms with van der Waals surface area (Å²) in [5.41, 5.74) is 0.114. The molecule has 0 aliphatic heterocycles. The van der Waals surface area contributed by atoms with Gasteiger partial charge in [0.25, 0.3) is 10.0 Å². The van der Waals surface area contributed by atoms with E-state index in [9.17, 15) is 8.42 Å². The van der Waals surface area contributed by atoms with Crippen LogP contribution in [0.25, 0.3) is 0 Å². The molecule has 0 amide bonds. The Labute approximate surface area is 90.4 Å². The molecule has 0 fully saturated rings. The zero-order valence-electron chi connectivity index (χ0n) is 7.80. The van der Waals surface area contributed by atoms with Crippen molar-refractivity contribution in [1.82, 2.24) is 20.4 Å². The fraction of sp³-hybridized carbons (Fsp3) is 0. The van der Waals surface area contributed by atoms with Crippen molar-refractivity contribution in [3.8, 4) is 6.07 Å². The highest BCUT2D eigenvalue weighted by atomic mass is 32.2. The Hall–Kier alpha value is -2.34. The minimum atomic E-state index is -3.76. The molecule has 0 bridgehead atoms. The van der Waals surface area contributed by atoms with Gasteiger partial charge >= 0.3 is 0 Å². The van der Waals surface area contributed by atoms with Crippen molar-refractivity contribution in [3.63, 3.8) is 0 Å². The maximum atomic E-state index is 11.7. The number of rotatable bonds is 3. The first-order valence-electron chi connectivity index (χ1n) is 4.09. The van der Waals surface area contributed by atoms with Crippen LogP contribution in [0.5, 0.6) is 0 Å². The minimum absolute atomic E-state index is 0.0251. The highest BCUT2D eigenvalue weighted by molar-refractivity contribution is 7.92. The number of nitrogens with one attached hydrogen (secondary N) is 3. The van der Waals surface area contributed by atoms with Gasteiger partial charge in [0, 0.05) is 0 Å². The molecule has 0 saturated carbocycles. The van der Waals surface area contributed by atoms with Gasteiger partial charge < -0.3 is 0 Å². The fourth-order valence-electron chi connectivity index (χ4n) is 1.03. The predicted molar refractivity (Wildman–Crippen MR) is 52.7 cm³/mol. The second kappa shape index (κ2) is 3.67. The first-order chi connectivity index (χ1) is 7.63. The van der Waals surface area contributed by atoms with Crippen molar-refractivity contribution in [2.24, 2.45) is 0 Å². The maximum absolute atomic E-state index is 11.7. The summed E-state index contributed by atoms with van der Waals surface area (Å²) in [6, 6.07) is 3.09. The number of hydrogen-bond donors (Lipinski definition) is 3. The lowest BCUT2D eigenvalue weighted by Crippen LogP contribution is -2.14. The van der Waals surface area contributed by atoms with Crippen molar-refractivity contribution >= 4 is 15.8 Å². The Morgan fingerprint density at radius 3 is 2.81 bits per heavy atom. The standard InChI is InChI=1S/C7H6N6O2S/c8-3-5-4-10-12-7(5)13-16(14,15)6-1-2-9-11-6/h1-2,4H,(H,9,11)(H2,10,12,13). The van der Waals surface area contributed by atoms with Gasteiger partial charge in [-0.05, 0) is 6.07 Å². The summed E-state index contributed by atoms with van der Waals surface area (Å²) < 4.78 is 25.6. The van der Waals surface area contributed by atoms with Crippen molar-refractivity contribution < 1.29 is 8.42 Å². The zero-order chi connectivity index (χ0) is 11.6. The van der Waals surface area contributed by atoms with Gasteiger partial charge in [-0.2, -0.15) is 23.9 Å². The van der Waals surface area contributed by atoms with Crippen molar-refractivity contribution in [2.45, 2.75) is 5.03 Å². The van der Waals surface area contributed by atoms with E-state index in [-0.39, 0.29) is 16.4 Å². The van der Waals surface area contributed by atoms with Crippen LogP contribution in [0.4, 0.5) is 5.82 Å². The van der Waals surface area contributed by atoms with E-state index >= 15 is 0 Å². The lowest BCUT2D eigenvalue weighted by Gasteiger charge is -2.02. The monoisotopic (exact) mass is 238 g/mol. The highest BCUT2D eigenvalue weighted by Gasteiger charge is 2.18. The van der Waals surface area contributed by atoms with E-state index in [0.29, 0.717) is 0 Å². The molecule has 0 aromatic carbocycles. The summed E-state index contributed by atoms with van der Waals surface area (Å²) in [5, 5.41) is 20.3. The molecule has 2 aromatic heterocycles. The summed E-state index contributed by atoms with van der Waals surface area (Å²) in [6.07, 6.45) is 2.54. The Morgan fingerprint density at radius 1 is 1.38 bits per heavy atom. The van der Waals surface area contributed by atoms with E-state index in [2.05, 4.69) is 25.1 Å². The molecule has 0 radical (unpaired) electrons. The molecule has 0 aliphatic carbocycles. The van der Waals surface area contributed by atoms with E-state index < -0.39 is 10.0 Å². The Balaban J connectivity index is 2.33. The van der Waals surface area contributed by atoms with Crippen LogP contribution in [0, 0.1) is 11.3 Å². The Bertz CT molecular complexity index is 620. The lowest BCUT2D eigenvalue weighted by molar-refractivity contribution is 0.597. The predicted octanol–water partition coefficient (Wildman–Crippen LogP) is -0.195. The van der Waals surface area contributed by atoms with Crippen LogP contribution < -0.4 is 4.72 Å². The molecule has 2 rings (SSSR count). The second-order valence-corrected chi connectivity index (χ2v) is 4.45. The Morgan fingerprint density at radius 2 is 2.19 bits per heavy atom. The van der Waals surface area contributed by atoms with Crippen LogP contribution in [0.3, 0.4) is 0 Å². The molecule has 0 aliphatic rings. The topological polar surface area (TPSA) is 127 Å². The lowest BCUT2D eigenvalue weighted by atomic mass is 10.4. The average molecular weight is 238 g/mol. The molecule has 2 aromatic rings. The number of hydrogen-bond acceptors (Lipinski definition) is 5.